The van der Waals surface area contributed by atoms with Crippen molar-refractivity contribution in [3.05, 3.63) is 0 Å². The van der Waals surface area contributed by atoms with E-state index < -0.39 is 6.09 Å². The molecular formula is C15H29N3O4. The minimum Gasteiger partial charge on any atom is -0.465 e. The van der Waals surface area contributed by atoms with E-state index in [4.69, 9.17) is 9.84 Å². The minimum absolute atomic E-state index is 0.0415. The lowest BCUT2D eigenvalue weighted by Gasteiger charge is -2.41. The predicted octanol–water partition coefficient (Wildman–Crippen LogP) is 0.894. The standard InChI is InChI=1S/C15H29N3O4/c1-10(2)18(3)12-5-6-13(11(7-12)9-22-4)17-14(19)8-16-15(20)21/h10-13,16H,5-9H2,1-4H3,(H,17,19)(H,20,21)/t11-,12+,13-/m0/s1. The average molecular weight is 315 g/mol. The summed E-state index contributed by atoms with van der Waals surface area (Å²) in [6, 6.07) is 1.02. The van der Waals surface area contributed by atoms with Crippen molar-refractivity contribution < 1.29 is 19.4 Å². The zero-order valence-electron chi connectivity index (χ0n) is 14.0. The Morgan fingerprint density at radius 2 is 2.05 bits per heavy atom. The summed E-state index contributed by atoms with van der Waals surface area (Å²) in [6.45, 7) is 4.74. The van der Waals surface area contributed by atoms with E-state index in [2.05, 4.69) is 36.4 Å². The number of rotatable bonds is 7. The summed E-state index contributed by atoms with van der Waals surface area (Å²) in [5, 5.41) is 13.6. The molecule has 3 N–H and O–H groups in total. The second-order valence-corrected chi connectivity index (χ2v) is 6.27. The van der Waals surface area contributed by atoms with Crippen LogP contribution >= 0.6 is 0 Å². The topological polar surface area (TPSA) is 90.9 Å². The van der Waals surface area contributed by atoms with Gasteiger partial charge in [-0.3, -0.25) is 4.79 Å². The first kappa shape index (κ1) is 18.7. The third-order valence-corrected chi connectivity index (χ3v) is 4.47. The number of nitrogens with one attached hydrogen (secondary N) is 2. The van der Waals surface area contributed by atoms with Gasteiger partial charge in [-0.15, -0.1) is 0 Å². The van der Waals surface area contributed by atoms with Gasteiger partial charge in [0.05, 0.1) is 13.2 Å². The largest absolute Gasteiger partial charge is 0.465 e. The smallest absolute Gasteiger partial charge is 0.405 e. The van der Waals surface area contributed by atoms with E-state index in [9.17, 15) is 9.59 Å². The summed E-state index contributed by atoms with van der Waals surface area (Å²) >= 11 is 0. The second kappa shape index (κ2) is 8.95. The number of carboxylic acid groups (broad SMARTS) is 1. The Morgan fingerprint density at radius 3 is 2.59 bits per heavy atom. The second-order valence-electron chi connectivity index (χ2n) is 6.27. The molecule has 3 atom stereocenters. The summed E-state index contributed by atoms with van der Waals surface area (Å²) in [5.41, 5.74) is 0. The highest BCUT2D eigenvalue weighted by Crippen LogP contribution is 2.28. The molecule has 1 rings (SSSR count). The number of carbonyl (C=O) groups is 2. The number of nitrogens with zero attached hydrogens (tertiary/aromatic N) is 1. The molecule has 7 heteroatoms. The maximum absolute atomic E-state index is 11.8. The maximum Gasteiger partial charge on any atom is 0.405 e. The monoisotopic (exact) mass is 315 g/mol. The minimum atomic E-state index is -1.19. The van der Waals surface area contributed by atoms with Gasteiger partial charge >= 0.3 is 6.09 Å². The van der Waals surface area contributed by atoms with Crippen molar-refractivity contribution in [1.29, 1.82) is 0 Å². The molecule has 0 unspecified atom stereocenters. The Balaban J connectivity index is 2.56. The molecule has 0 radical (unpaired) electrons. The Labute approximate surface area is 132 Å². The molecule has 1 aliphatic rings. The van der Waals surface area contributed by atoms with E-state index >= 15 is 0 Å². The van der Waals surface area contributed by atoms with Crippen molar-refractivity contribution in [3.8, 4) is 0 Å². The Kier molecular flexibility index (Phi) is 7.61. The molecule has 1 aliphatic carbocycles. The first-order chi connectivity index (χ1) is 10.3. The highest BCUT2D eigenvalue weighted by Gasteiger charge is 2.33. The van der Waals surface area contributed by atoms with Crippen LogP contribution in [-0.2, 0) is 9.53 Å². The van der Waals surface area contributed by atoms with Crippen molar-refractivity contribution in [2.75, 3.05) is 27.3 Å². The number of ether oxygens (including phenoxy) is 1. The molecule has 0 spiro atoms. The van der Waals surface area contributed by atoms with E-state index in [1.54, 1.807) is 7.11 Å². The lowest BCUT2D eigenvalue weighted by molar-refractivity contribution is -0.121. The van der Waals surface area contributed by atoms with Crippen molar-refractivity contribution in [3.63, 3.8) is 0 Å². The number of hydrogen-bond acceptors (Lipinski definition) is 4. The van der Waals surface area contributed by atoms with Gasteiger partial charge in [-0.2, -0.15) is 0 Å². The zero-order chi connectivity index (χ0) is 16.7. The molecule has 0 saturated heterocycles. The Morgan fingerprint density at radius 1 is 1.36 bits per heavy atom. The molecule has 0 aromatic heterocycles. The van der Waals surface area contributed by atoms with Crippen LogP contribution in [-0.4, -0.2) is 67.4 Å². The predicted molar refractivity (Wildman–Crippen MR) is 83.9 cm³/mol. The van der Waals surface area contributed by atoms with Gasteiger partial charge < -0.3 is 25.4 Å². The maximum atomic E-state index is 11.8. The fourth-order valence-corrected chi connectivity index (χ4v) is 3.03. The molecule has 0 bridgehead atoms. The van der Waals surface area contributed by atoms with Gasteiger partial charge in [-0.25, -0.2) is 4.79 Å². The number of carbonyl (C=O) groups excluding carboxylic acids is 1. The number of methoxy groups -OCH3 is 1. The van der Waals surface area contributed by atoms with Crippen LogP contribution in [0.15, 0.2) is 0 Å². The van der Waals surface area contributed by atoms with E-state index in [0.29, 0.717) is 18.7 Å². The van der Waals surface area contributed by atoms with E-state index in [-0.39, 0.29) is 24.4 Å². The lowest BCUT2D eigenvalue weighted by Crippen LogP contribution is -2.52. The van der Waals surface area contributed by atoms with Crippen LogP contribution in [0.2, 0.25) is 0 Å². The first-order valence-electron chi connectivity index (χ1n) is 7.82. The summed E-state index contributed by atoms with van der Waals surface area (Å²) < 4.78 is 5.30. The summed E-state index contributed by atoms with van der Waals surface area (Å²) in [5.74, 6) is -0.0390. The molecule has 0 aromatic rings. The van der Waals surface area contributed by atoms with E-state index in [1.807, 2.05) is 0 Å². The molecular weight excluding hydrogens is 286 g/mol. The van der Waals surface area contributed by atoms with Crippen molar-refractivity contribution in [2.45, 2.75) is 51.2 Å². The number of hydrogen-bond donors (Lipinski definition) is 3. The highest BCUT2D eigenvalue weighted by molar-refractivity contribution is 5.81. The lowest BCUT2D eigenvalue weighted by atomic mass is 9.81. The molecule has 0 aromatic carbocycles. The Bertz CT molecular complexity index is 376. The SMILES string of the molecule is COC[C@@H]1C[C@H](N(C)C(C)C)CC[C@@H]1NC(=O)CNC(=O)O. The molecule has 128 valence electrons. The van der Waals surface area contributed by atoms with Crippen molar-refractivity contribution in [1.82, 2.24) is 15.5 Å². The van der Waals surface area contributed by atoms with Crippen LogP contribution < -0.4 is 10.6 Å². The average Bonchev–Trinajstić information content (AvgIpc) is 2.46. The van der Waals surface area contributed by atoms with Gasteiger partial charge in [0.25, 0.3) is 0 Å². The van der Waals surface area contributed by atoms with Crippen LogP contribution in [0.4, 0.5) is 4.79 Å². The fourth-order valence-electron chi connectivity index (χ4n) is 3.03. The molecule has 7 nitrogen and oxygen atoms in total. The third-order valence-electron chi connectivity index (χ3n) is 4.47. The molecule has 22 heavy (non-hydrogen) atoms. The quantitative estimate of drug-likeness (QED) is 0.649. The number of amides is 2. The van der Waals surface area contributed by atoms with E-state index in [0.717, 1.165) is 19.3 Å². The molecule has 0 aliphatic heterocycles. The van der Waals surface area contributed by atoms with Crippen LogP contribution in [0.25, 0.3) is 0 Å². The van der Waals surface area contributed by atoms with Crippen LogP contribution in [0, 0.1) is 5.92 Å². The van der Waals surface area contributed by atoms with Gasteiger partial charge in [-0.1, -0.05) is 0 Å². The van der Waals surface area contributed by atoms with Gasteiger partial charge in [0, 0.05) is 31.2 Å². The van der Waals surface area contributed by atoms with Crippen molar-refractivity contribution in [2.24, 2.45) is 5.92 Å². The van der Waals surface area contributed by atoms with Gasteiger partial charge in [-0.05, 0) is 40.2 Å². The van der Waals surface area contributed by atoms with Gasteiger partial charge in [0.2, 0.25) is 5.91 Å². The summed E-state index contributed by atoms with van der Waals surface area (Å²) in [4.78, 5) is 24.6. The van der Waals surface area contributed by atoms with Crippen LogP contribution in [0.3, 0.4) is 0 Å². The zero-order valence-corrected chi connectivity index (χ0v) is 14.0. The molecule has 2 amide bonds. The van der Waals surface area contributed by atoms with Crippen molar-refractivity contribution >= 4 is 12.0 Å². The first-order valence-corrected chi connectivity index (χ1v) is 7.82. The third kappa shape index (κ3) is 5.81. The molecule has 0 heterocycles. The normalized spacial score (nSPS) is 25.3. The highest BCUT2D eigenvalue weighted by atomic mass is 16.5. The van der Waals surface area contributed by atoms with Gasteiger partial charge in [0.15, 0.2) is 0 Å². The summed E-state index contributed by atoms with van der Waals surface area (Å²) in [6.07, 6.45) is 1.69. The van der Waals surface area contributed by atoms with Crippen LogP contribution in [0.1, 0.15) is 33.1 Å². The Hall–Kier alpha value is -1.34. The molecule has 1 saturated carbocycles. The fraction of sp³-hybridized carbons (Fsp3) is 0.867. The molecule has 1 fully saturated rings. The summed E-state index contributed by atoms with van der Waals surface area (Å²) in [7, 11) is 3.80. The van der Waals surface area contributed by atoms with Crippen LogP contribution in [0.5, 0.6) is 0 Å². The van der Waals surface area contributed by atoms with Gasteiger partial charge in [0.1, 0.15) is 0 Å². The van der Waals surface area contributed by atoms with E-state index in [1.165, 1.54) is 0 Å².